The molecule has 0 atom stereocenters. The Morgan fingerprint density at radius 3 is 2.44 bits per heavy atom. The van der Waals surface area contributed by atoms with Crippen molar-refractivity contribution in [3.63, 3.8) is 0 Å². The number of rotatable bonds is 6. The molecule has 0 amide bonds. The van der Waals surface area contributed by atoms with Gasteiger partial charge in [0.1, 0.15) is 0 Å². The first-order valence-corrected chi connectivity index (χ1v) is 7.13. The van der Waals surface area contributed by atoms with E-state index < -0.39 is 0 Å². The van der Waals surface area contributed by atoms with E-state index in [1.165, 1.54) is 64.5 Å². The molecule has 2 heteroatoms. The van der Waals surface area contributed by atoms with Crippen molar-refractivity contribution in [1.82, 2.24) is 4.90 Å². The van der Waals surface area contributed by atoms with Crippen LogP contribution in [0.5, 0.6) is 0 Å². The van der Waals surface area contributed by atoms with Gasteiger partial charge in [0.05, 0.1) is 0 Å². The fraction of sp³-hybridized carbons (Fsp3) is 1.00. The molecule has 2 saturated carbocycles. The molecule has 0 aromatic carbocycles. The quantitative estimate of drug-likeness (QED) is 0.751. The molecule has 0 aliphatic heterocycles. The Morgan fingerprint density at radius 1 is 1.19 bits per heavy atom. The van der Waals surface area contributed by atoms with Gasteiger partial charge in [-0.05, 0) is 63.6 Å². The average molecular weight is 224 g/mol. The normalized spacial score (nSPS) is 24.9. The molecular formula is C14H28N2. The first kappa shape index (κ1) is 12.4. The Bertz CT molecular complexity index is 205. The van der Waals surface area contributed by atoms with Gasteiger partial charge in [0, 0.05) is 6.54 Å². The van der Waals surface area contributed by atoms with Crippen LogP contribution in [0.3, 0.4) is 0 Å². The van der Waals surface area contributed by atoms with Gasteiger partial charge in [-0.1, -0.05) is 19.3 Å². The predicted molar refractivity (Wildman–Crippen MR) is 69.4 cm³/mol. The molecule has 0 heterocycles. The summed E-state index contributed by atoms with van der Waals surface area (Å²) in [5, 5.41) is 0. The van der Waals surface area contributed by atoms with Gasteiger partial charge in [-0.3, -0.25) is 0 Å². The predicted octanol–water partition coefficient (Wildman–Crippen LogP) is 2.63. The van der Waals surface area contributed by atoms with Crippen LogP contribution < -0.4 is 5.73 Å². The highest BCUT2D eigenvalue weighted by Gasteiger charge is 2.31. The zero-order valence-corrected chi connectivity index (χ0v) is 10.9. The van der Waals surface area contributed by atoms with Crippen molar-refractivity contribution in [1.29, 1.82) is 0 Å². The maximum Gasteiger partial charge on any atom is 0.000661 e. The summed E-state index contributed by atoms with van der Waals surface area (Å²) in [6.45, 7) is 3.48. The Balaban J connectivity index is 1.72. The summed E-state index contributed by atoms with van der Waals surface area (Å²) < 4.78 is 0. The van der Waals surface area contributed by atoms with Gasteiger partial charge in [0.2, 0.25) is 0 Å². The first-order valence-electron chi connectivity index (χ1n) is 7.13. The van der Waals surface area contributed by atoms with Crippen LogP contribution in [0.4, 0.5) is 0 Å². The van der Waals surface area contributed by atoms with Crippen molar-refractivity contribution in [2.45, 2.75) is 51.4 Å². The van der Waals surface area contributed by atoms with Gasteiger partial charge in [0.25, 0.3) is 0 Å². The van der Waals surface area contributed by atoms with E-state index in [-0.39, 0.29) is 0 Å². The van der Waals surface area contributed by atoms with Crippen molar-refractivity contribution in [3.05, 3.63) is 0 Å². The highest BCUT2D eigenvalue weighted by molar-refractivity contribution is 4.85. The van der Waals surface area contributed by atoms with E-state index in [1.807, 2.05) is 0 Å². The van der Waals surface area contributed by atoms with Crippen LogP contribution in [-0.2, 0) is 0 Å². The number of nitrogens with zero attached hydrogens (tertiary/aromatic N) is 1. The summed E-state index contributed by atoms with van der Waals surface area (Å²) in [5.74, 6) is 1.02. The lowest BCUT2D eigenvalue weighted by Crippen LogP contribution is -2.36. The lowest BCUT2D eigenvalue weighted by atomic mass is 9.72. The van der Waals surface area contributed by atoms with Crippen LogP contribution in [0.25, 0.3) is 0 Å². The molecule has 2 aliphatic rings. The summed E-state index contributed by atoms with van der Waals surface area (Å²) in [6, 6.07) is 0. The topological polar surface area (TPSA) is 29.3 Å². The second kappa shape index (κ2) is 5.50. The minimum absolute atomic E-state index is 0.496. The molecule has 0 spiro atoms. The van der Waals surface area contributed by atoms with Crippen molar-refractivity contribution in [2.24, 2.45) is 17.1 Å². The van der Waals surface area contributed by atoms with Gasteiger partial charge >= 0.3 is 0 Å². The number of nitrogens with two attached hydrogens (primary N) is 1. The Labute approximate surface area is 101 Å². The third-order valence-corrected chi connectivity index (χ3v) is 4.64. The fourth-order valence-electron chi connectivity index (χ4n) is 3.12. The summed E-state index contributed by atoms with van der Waals surface area (Å²) in [4.78, 5) is 2.53. The lowest BCUT2D eigenvalue weighted by Gasteiger charge is -2.37. The summed E-state index contributed by atoms with van der Waals surface area (Å²) >= 11 is 0. The molecule has 2 nitrogen and oxygen atoms in total. The monoisotopic (exact) mass is 224 g/mol. The van der Waals surface area contributed by atoms with Crippen LogP contribution in [0.2, 0.25) is 0 Å². The van der Waals surface area contributed by atoms with Gasteiger partial charge in [0.15, 0.2) is 0 Å². The smallest absolute Gasteiger partial charge is 0.000661 e. The van der Waals surface area contributed by atoms with E-state index in [2.05, 4.69) is 11.9 Å². The molecule has 2 fully saturated rings. The third-order valence-electron chi connectivity index (χ3n) is 4.64. The second-order valence-corrected chi connectivity index (χ2v) is 6.22. The standard InChI is InChI=1S/C14H28N2/c1-16(11-13-5-6-13)10-9-14(12-15)7-3-2-4-8-14/h13H,2-12,15H2,1H3. The molecular weight excluding hydrogens is 196 g/mol. The molecule has 2 N–H and O–H groups in total. The highest BCUT2D eigenvalue weighted by Crippen LogP contribution is 2.38. The maximum atomic E-state index is 6.02. The third kappa shape index (κ3) is 3.46. The van der Waals surface area contributed by atoms with Gasteiger partial charge in [-0.25, -0.2) is 0 Å². The van der Waals surface area contributed by atoms with E-state index in [0.29, 0.717) is 5.41 Å². The fourth-order valence-corrected chi connectivity index (χ4v) is 3.12. The number of hydrogen-bond donors (Lipinski definition) is 1. The van der Waals surface area contributed by atoms with Gasteiger partial charge < -0.3 is 10.6 Å². The van der Waals surface area contributed by atoms with Gasteiger partial charge in [-0.2, -0.15) is 0 Å². The summed E-state index contributed by atoms with van der Waals surface area (Å²) in [7, 11) is 2.28. The summed E-state index contributed by atoms with van der Waals surface area (Å²) in [5.41, 5.74) is 6.52. The molecule has 16 heavy (non-hydrogen) atoms. The van der Waals surface area contributed by atoms with Crippen LogP contribution >= 0.6 is 0 Å². The van der Waals surface area contributed by atoms with Crippen molar-refractivity contribution in [2.75, 3.05) is 26.7 Å². The highest BCUT2D eigenvalue weighted by atomic mass is 15.1. The van der Waals surface area contributed by atoms with Gasteiger partial charge in [-0.15, -0.1) is 0 Å². The molecule has 0 aromatic rings. The molecule has 94 valence electrons. The molecule has 0 bridgehead atoms. The van der Waals surface area contributed by atoms with Crippen molar-refractivity contribution >= 4 is 0 Å². The average Bonchev–Trinajstić information content (AvgIpc) is 3.12. The zero-order chi connectivity index (χ0) is 11.4. The lowest BCUT2D eigenvalue weighted by molar-refractivity contribution is 0.155. The first-order chi connectivity index (χ1) is 7.74. The van der Waals surface area contributed by atoms with E-state index in [9.17, 15) is 0 Å². The second-order valence-electron chi connectivity index (χ2n) is 6.22. The Morgan fingerprint density at radius 2 is 1.88 bits per heavy atom. The van der Waals surface area contributed by atoms with E-state index >= 15 is 0 Å². The molecule has 2 aliphatic carbocycles. The molecule has 0 saturated heterocycles. The number of hydrogen-bond acceptors (Lipinski definition) is 2. The molecule has 0 radical (unpaired) electrons. The van der Waals surface area contributed by atoms with Crippen LogP contribution in [0.1, 0.15) is 51.4 Å². The maximum absolute atomic E-state index is 6.02. The van der Waals surface area contributed by atoms with Crippen LogP contribution in [0.15, 0.2) is 0 Å². The molecule has 2 rings (SSSR count). The minimum atomic E-state index is 0.496. The molecule has 0 aromatic heterocycles. The van der Waals surface area contributed by atoms with Crippen molar-refractivity contribution < 1.29 is 0 Å². The van der Waals surface area contributed by atoms with E-state index in [4.69, 9.17) is 5.73 Å². The largest absolute Gasteiger partial charge is 0.330 e. The van der Waals surface area contributed by atoms with Crippen LogP contribution in [0, 0.1) is 11.3 Å². The van der Waals surface area contributed by atoms with Crippen molar-refractivity contribution in [3.8, 4) is 0 Å². The zero-order valence-electron chi connectivity index (χ0n) is 10.9. The Hall–Kier alpha value is -0.0800. The van der Waals surface area contributed by atoms with Crippen LogP contribution in [-0.4, -0.2) is 31.6 Å². The van der Waals surface area contributed by atoms with E-state index in [1.54, 1.807) is 0 Å². The minimum Gasteiger partial charge on any atom is -0.330 e. The molecule has 0 unspecified atom stereocenters. The van der Waals surface area contributed by atoms with E-state index in [0.717, 1.165) is 12.5 Å². The summed E-state index contributed by atoms with van der Waals surface area (Å²) in [6.07, 6.45) is 11.2. The SMILES string of the molecule is CN(CCC1(CN)CCCCC1)CC1CC1. The Kier molecular flexibility index (Phi) is 4.26.